The molecule has 2 heterocycles. The van der Waals surface area contributed by atoms with Crippen LogP contribution >= 0.6 is 0 Å². The van der Waals surface area contributed by atoms with Crippen molar-refractivity contribution in [2.45, 2.75) is 19.4 Å². The molecular formula is C17H22N4O3. The SMILES string of the molecule is COCCn1cnnc1CCNC(=O)C1COc2ccccc2C1. The van der Waals surface area contributed by atoms with Gasteiger partial charge >= 0.3 is 0 Å². The Labute approximate surface area is 141 Å². The number of nitrogens with one attached hydrogen (secondary N) is 1. The van der Waals surface area contributed by atoms with Crippen molar-refractivity contribution < 1.29 is 14.3 Å². The number of fused-ring (bicyclic) bond motifs is 1. The van der Waals surface area contributed by atoms with Gasteiger partial charge in [0.1, 0.15) is 24.5 Å². The molecule has 0 saturated carbocycles. The van der Waals surface area contributed by atoms with Crippen molar-refractivity contribution >= 4 is 5.91 Å². The summed E-state index contributed by atoms with van der Waals surface area (Å²) < 4.78 is 12.7. The van der Waals surface area contributed by atoms with E-state index in [-0.39, 0.29) is 11.8 Å². The summed E-state index contributed by atoms with van der Waals surface area (Å²) in [5.74, 6) is 1.60. The number of nitrogens with zero attached hydrogens (tertiary/aromatic N) is 3. The third kappa shape index (κ3) is 3.91. The molecule has 1 N–H and O–H groups in total. The van der Waals surface area contributed by atoms with E-state index >= 15 is 0 Å². The molecule has 1 unspecified atom stereocenters. The molecule has 1 aliphatic rings. The van der Waals surface area contributed by atoms with E-state index < -0.39 is 0 Å². The summed E-state index contributed by atoms with van der Waals surface area (Å²) in [4.78, 5) is 12.3. The first-order valence-corrected chi connectivity index (χ1v) is 8.12. The van der Waals surface area contributed by atoms with E-state index in [4.69, 9.17) is 9.47 Å². The Hall–Kier alpha value is -2.41. The largest absolute Gasteiger partial charge is 0.492 e. The van der Waals surface area contributed by atoms with Crippen molar-refractivity contribution in [1.82, 2.24) is 20.1 Å². The molecule has 24 heavy (non-hydrogen) atoms. The molecule has 0 aliphatic carbocycles. The predicted octanol–water partition coefficient (Wildman–Crippen LogP) is 0.835. The van der Waals surface area contributed by atoms with Crippen LogP contribution in [0.3, 0.4) is 0 Å². The summed E-state index contributed by atoms with van der Waals surface area (Å²) in [6, 6.07) is 7.86. The summed E-state index contributed by atoms with van der Waals surface area (Å²) in [5, 5.41) is 11.0. The van der Waals surface area contributed by atoms with Crippen LogP contribution in [0.2, 0.25) is 0 Å². The first kappa shape index (κ1) is 16.4. The molecule has 128 valence electrons. The van der Waals surface area contributed by atoms with Crippen LogP contribution in [0.1, 0.15) is 11.4 Å². The Morgan fingerprint density at radius 2 is 2.33 bits per heavy atom. The Morgan fingerprint density at radius 1 is 1.46 bits per heavy atom. The van der Waals surface area contributed by atoms with Crippen molar-refractivity contribution in [3.8, 4) is 5.75 Å². The average Bonchev–Trinajstić information content (AvgIpc) is 3.06. The van der Waals surface area contributed by atoms with Crippen molar-refractivity contribution in [2.75, 3.05) is 26.9 Å². The molecule has 3 rings (SSSR count). The van der Waals surface area contributed by atoms with Crippen LogP contribution in [-0.4, -0.2) is 47.5 Å². The maximum Gasteiger partial charge on any atom is 0.226 e. The zero-order valence-corrected chi connectivity index (χ0v) is 13.8. The molecule has 1 aliphatic heterocycles. The summed E-state index contributed by atoms with van der Waals surface area (Å²) in [5.41, 5.74) is 1.09. The van der Waals surface area contributed by atoms with Crippen LogP contribution in [-0.2, 0) is 28.9 Å². The number of carbonyl (C=O) groups excluding carboxylic acids is 1. The molecule has 1 amide bonds. The van der Waals surface area contributed by atoms with E-state index in [1.165, 1.54) is 0 Å². The van der Waals surface area contributed by atoms with Crippen LogP contribution in [0, 0.1) is 5.92 Å². The van der Waals surface area contributed by atoms with E-state index in [9.17, 15) is 4.79 Å². The van der Waals surface area contributed by atoms with Crippen LogP contribution in [0.15, 0.2) is 30.6 Å². The molecule has 2 aromatic rings. The number of amides is 1. The standard InChI is InChI=1S/C17H22N4O3/c1-23-9-8-21-12-19-20-16(21)6-7-18-17(22)14-10-13-4-2-3-5-15(13)24-11-14/h2-5,12,14H,6-11H2,1H3,(H,18,22). The van der Waals surface area contributed by atoms with Gasteiger partial charge in [-0.25, -0.2) is 0 Å². The lowest BCUT2D eigenvalue weighted by Gasteiger charge is -2.24. The van der Waals surface area contributed by atoms with Gasteiger partial charge in [-0.05, 0) is 18.1 Å². The number of rotatable bonds is 7. The number of hydrogen-bond donors (Lipinski definition) is 1. The lowest BCUT2D eigenvalue weighted by atomic mass is 9.96. The topological polar surface area (TPSA) is 78.3 Å². The molecule has 7 heteroatoms. The molecule has 0 spiro atoms. The van der Waals surface area contributed by atoms with Gasteiger partial charge in [0.05, 0.1) is 12.5 Å². The highest BCUT2D eigenvalue weighted by Gasteiger charge is 2.25. The monoisotopic (exact) mass is 330 g/mol. The first-order valence-electron chi connectivity index (χ1n) is 8.12. The highest BCUT2D eigenvalue weighted by Crippen LogP contribution is 2.26. The molecule has 1 aromatic carbocycles. The minimum absolute atomic E-state index is 0.0208. The molecule has 0 bridgehead atoms. The van der Waals surface area contributed by atoms with Crippen molar-refractivity contribution in [2.24, 2.45) is 5.92 Å². The second kappa shape index (κ2) is 7.92. The lowest BCUT2D eigenvalue weighted by molar-refractivity contribution is -0.126. The average molecular weight is 330 g/mol. The number of hydrogen-bond acceptors (Lipinski definition) is 5. The molecule has 7 nitrogen and oxygen atoms in total. The van der Waals surface area contributed by atoms with E-state index in [0.29, 0.717) is 39.1 Å². The van der Waals surface area contributed by atoms with E-state index in [1.807, 2.05) is 28.8 Å². The highest BCUT2D eigenvalue weighted by molar-refractivity contribution is 5.79. The van der Waals surface area contributed by atoms with Gasteiger partial charge in [0.15, 0.2) is 0 Å². The number of carbonyl (C=O) groups is 1. The minimum atomic E-state index is -0.147. The van der Waals surface area contributed by atoms with Crippen molar-refractivity contribution in [3.05, 3.63) is 42.0 Å². The smallest absolute Gasteiger partial charge is 0.226 e. The molecule has 0 saturated heterocycles. The van der Waals surface area contributed by atoms with Crippen LogP contribution in [0.25, 0.3) is 0 Å². The predicted molar refractivity (Wildman–Crippen MR) is 87.7 cm³/mol. The Balaban J connectivity index is 1.47. The molecule has 1 atom stereocenters. The van der Waals surface area contributed by atoms with E-state index in [2.05, 4.69) is 15.5 Å². The molecule has 1 aromatic heterocycles. The first-order chi connectivity index (χ1) is 11.8. The fourth-order valence-electron chi connectivity index (χ4n) is 2.79. The fraction of sp³-hybridized carbons (Fsp3) is 0.471. The second-order valence-electron chi connectivity index (χ2n) is 5.79. The van der Waals surface area contributed by atoms with Crippen LogP contribution in [0.5, 0.6) is 5.75 Å². The van der Waals surface area contributed by atoms with Gasteiger partial charge < -0.3 is 19.4 Å². The summed E-state index contributed by atoms with van der Waals surface area (Å²) in [7, 11) is 1.66. The van der Waals surface area contributed by atoms with Gasteiger partial charge in [-0.15, -0.1) is 10.2 Å². The third-order valence-corrected chi connectivity index (χ3v) is 4.13. The number of ether oxygens (including phenoxy) is 2. The zero-order chi connectivity index (χ0) is 16.8. The van der Waals surface area contributed by atoms with Crippen molar-refractivity contribution in [3.63, 3.8) is 0 Å². The number of para-hydroxylation sites is 1. The van der Waals surface area contributed by atoms with Gasteiger partial charge in [0, 0.05) is 26.6 Å². The number of benzene rings is 1. The van der Waals surface area contributed by atoms with Gasteiger partial charge in [-0.1, -0.05) is 18.2 Å². The van der Waals surface area contributed by atoms with Gasteiger partial charge in [0.2, 0.25) is 5.91 Å². The number of aromatic nitrogens is 3. The van der Waals surface area contributed by atoms with Crippen LogP contribution < -0.4 is 10.1 Å². The molecule has 0 fully saturated rings. The maximum absolute atomic E-state index is 12.3. The van der Waals surface area contributed by atoms with E-state index in [1.54, 1.807) is 13.4 Å². The summed E-state index contributed by atoms with van der Waals surface area (Å²) in [6.45, 7) is 2.27. The van der Waals surface area contributed by atoms with Crippen LogP contribution in [0.4, 0.5) is 0 Å². The second-order valence-corrected chi connectivity index (χ2v) is 5.79. The third-order valence-electron chi connectivity index (χ3n) is 4.13. The Morgan fingerprint density at radius 3 is 3.21 bits per heavy atom. The number of methoxy groups -OCH3 is 1. The highest BCUT2D eigenvalue weighted by atomic mass is 16.5. The summed E-state index contributed by atoms with van der Waals surface area (Å²) in [6.07, 6.45) is 3.04. The van der Waals surface area contributed by atoms with Crippen molar-refractivity contribution in [1.29, 1.82) is 0 Å². The van der Waals surface area contributed by atoms with Gasteiger partial charge in [0.25, 0.3) is 0 Å². The molecule has 0 radical (unpaired) electrons. The van der Waals surface area contributed by atoms with E-state index in [0.717, 1.165) is 17.1 Å². The lowest BCUT2D eigenvalue weighted by Crippen LogP contribution is -2.38. The van der Waals surface area contributed by atoms with Gasteiger partial charge in [-0.2, -0.15) is 0 Å². The summed E-state index contributed by atoms with van der Waals surface area (Å²) >= 11 is 0. The Kier molecular flexibility index (Phi) is 5.43. The Bertz CT molecular complexity index is 686. The minimum Gasteiger partial charge on any atom is -0.492 e. The normalized spacial score (nSPS) is 16.3. The molecular weight excluding hydrogens is 308 g/mol. The fourth-order valence-corrected chi connectivity index (χ4v) is 2.79. The maximum atomic E-state index is 12.3. The quantitative estimate of drug-likeness (QED) is 0.814. The zero-order valence-electron chi connectivity index (χ0n) is 13.8. The van der Waals surface area contributed by atoms with Gasteiger partial charge in [-0.3, -0.25) is 4.79 Å².